The summed E-state index contributed by atoms with van der Waals surface area (Å²) < 4.78 is 4.98. The van der Waals surface area contributed by atoms with E-state index in [1.54, 1.807) is 21.1 Å². The first kappa shape index (κ1) is 9.59. The SMILES string of the molecule is CNC(C(C)=O)[C@@H](C)OC. The summed E-state index contributed by atoms with van der Waals surface area (Å²) in [6.45, 7) is 3.42. The lowest BCUT2D eigenvalue weighted by Gasteiger charge is -2.18. The number of methoxy groups -OCH3 is 1. The van der Waals surface area contributed by atoms with Gasteiger partial charge < -0.3 is 10.1 Å². The number of ether oxygens (including phenoxy) is 1. The van der Waals surface area contributed by atoms with Crippen molar-refractivity contribution in [3.63, 3.8) is 0 Å². The molecular formula is C7H15NO2. The number of Topliss-reactive ketones (excluding diaryl/α,β-unsaturated/α-hetero) is 1. The van der Waals surface area contributed by atoms with Crippen molar-refractivity contribution in [1.29, 1.82) is 0 Å². The molecule has 10 heavy (non-hydrogen) atoms. The first-order chi connectivity index (χ1) is 4.63. The van der Waals surface area contributed by atoms with Crippen LogP contribution in [0.5, 0.6) is 0 Å². The number of rotatable bonds is 4. The molecule has 0 aromatic carbocycles. The molecule has 0 spiro atoms. The summed E-state index contributed by atoms with van der Waals surface area (Å²) in [5.41, 5.74) is 0. The molecule has 0 radical (unpaired) electrons. The monoisotopic (exact) mass is 145 g/mol. The quantitative estimate of drug-likeness (QED) is 0.614. The summed E-state index contributed by atoms with van der Waals surface area (Å²) >= 11 is 0. The molecule has 3 heteroatoms. The summed E-state index contributed by atoms with van der Waals surface area (Å²) in [6, 6.07) is -0.176. The second kappa shape index (κ2) is 4.41. The summed E-state index contributed by atoms with van der Waals surface area (Å²) in [7, 11) is 3.35. The van der Waals surface area contributed by atoms with Crippen molar-refractivity contribution in [3.8, 4) is 0 Å². The molecular weight excluding hydrogens is 130 g/mol. The Morgan fingerprint density at radius 3 is 2.20 bits per heavy atom. The highest BCUT2D eigenvalue weighted by Gasteiger charge is 2.18. The zero-order valence-electron chi connectivity index (χ0n) is 6.97. The van der Waals surface area contributed by atoms with Crippen molar-refractivity contribution in [2.45, 2.75) is 26.0 Å². The molecule has 1 N–H and O–H groups in total. The Bertz CT molecular complexity index is 114. The fourth-order valence-corrected chi connectivity index (χ4v) is 0.905. The normalized spacial score (nSPS) is 16.4. The van der Waals surface area contributed by atoms with Crippen LogP contribution in [-0.2, 0) is 9.53 Å². The molecule has 0 rings (SSSR count). The number of carbonyl (C=O) groups is 1. The Morgan fingerprint density at radius 2 is 2.10 bits per heavy atom. The standard InChI is InChI=1S/C7H15NO2/c1-5(9)7(8-3)6(2)10-4/h6-8H,1-4H3/t6-,7?/m1/s1. The average Bonchev–Trinajstić information content (AvgIpc) is 1.88. The molecule has 0 aliphatic heterocycles. The highest BCUT2D eigenvalue weighted by Crippen LogP contribution is 1.97. The number of ketones is 1. The number of hydrogen-bond donors (Lipinski definition) is 1. The van der Waals surface area contributed by atoms with Gasteiger partial charge in [-0.15, -0.1) is 0 Å². The van der Waals surface area contributed by atoms with Gasteiger partial charge in [0, 0.05) is 7.11 Å². The van der Waals surface area contributed by atoms with Gasteiger partial charge in [-0.2, -0.15) is 0 Å². The van der Waals surface area contributed by atoms with Crippen LogP contribution in [0.15, 0.2) is 0 Å². The highest BCUT2D eigenvalue weighted by atomic mass is 16.5. The van der Waals surface area contributed by atoms with Gasteiger partial charge in [0.1, 0.15) is 5.78 Å². The van der Waals surface area contributed by atoms with Gasteiger partial charge in [-0.3, -0.25) is 4.79 Å². The number of likely N-dealkylation sites (N-methyl/N-ethyl adjacent to an activating group) is 1. The lowest BCUT2D eigenvalue weighted by Crippen LogP contribution is -2.42. The van der Waals surface area contributed by atoms with E-state index in [0.717, 1.165) is 0 Å². The van der Waals surface area contributed by atoms with Crippen LogP contribution in [0.4, 0.5) is 0 Å². The lowest BCUT2D eigenvalue weighted by atomic mass is 10.1. The van der Waals surface area contributed by atoms with Gasteiger partial charge in [-0.25, -0.2) is 0 Å². The van der Waals surface area contributed by atoms with Gasteiger partial charge in [0.05, 0.1) is 12.1 Å². The summed E-state index contributed by atoms with van der Waals surface area (Å²) in [6.07, 6.45) is -0.0532. The zero-order valence-corrected chi connectivity index (χ0v) is 6.97. The smallest absolute Gasteiger partial charge is 0.149 e. The lowest BCUT2D eigenvalue weighted by molar-refractivity contribution is -0.121. The van der Waals surface area contributed by atoms with Crippen LogP contribution < -0.4 is 5.32 Å². The molecule has 60 valence electrons. The van der Waals surface area contributed by atoms with Crippen molar-refractivity contribution in [1.82, 2.24) is 5.32 Å². The third kappa shape index (κ3) is 2.45. The van der Waals surface area contributed by atoms with E-state index in [1.165, 1.54) is 0 Å². The fraction of sp³-hybridized carbons (Fsp3) is 0.857. The maximum atomic E-state index is 10.8. The van der Waals surface area contributed by atoms with Gasteiger partial charge in [0.2, 0.25) is 0 Å². The fourth-order valence-electron chi connectivity index (χ4n) is 0.905. The second-order valence-corrected chi connectivity index (χ2v) is 2.32. The highest BCUT2D eigenvalue weighted by molar-refractivity contribution is 5.82. The second-order valence-electron chi connectivity index (χ2n) is 2.32. The Hall–Kier alpha value is -0.410. The molecule has 3 nitrogen and oxygen atoms in total. The van der Waals surface area contributed by atoms with E-state index < -0.39 is 0 Å². The molecule has 2 atom stereocenters. The predicted molar refractivity (Wildman–Crippen MR) is 40.0 cm³/mol. The van der Waals surface area contributed by atoms with E-state index in [-0.39, 0.29) is 17.9 Å². The number of nitrogens with one attached hydrogen (secondary N) is 1. The molecule has 0 bridgehead atoms. The van der Waals surface area contributed by atoms with Crippen LogP contribution >= 0.6 is 0 Å². The van der Waals surface area contributed by atoms with E-state index >= 15 is 0 Å². The van der Waals surface area contributed by atoms with Crippen molar-refractivity contribution in [3.05, 3.63) is 0 Å². The summed E-state index contributed by atoms with van der Waals surface area (Å²) in [4.78, 5) is 10.8. The first-order valence-corrected chi connectivity index (χ1v) is 3.34. The topological polar surface area (TPSA) is 38.3 Å². The molecule has 1 unspecified atom stereocenters. The van der Waals surface area contributed by atoms with E-state index in [9.17, 15) is 4.79 Å². The van der Waals surface area contributed by atoms with Crippen LogP contribution in [-0.4, -0.2) is 32.1 Å². The molecule has 0 saturated carbocycles. The van der Waals surface area contributed by atoms with Crippen LogP contribution in [0, 0.1) is 0 Å². The summed E-state index contributed by atoms with van der Waals surface area (Å²) in [5.74, 6) is 0.108. The van der Waals surface area contributed by atoms with Crippen LogP contribution in [0.2, 0.25) is 0 Å². The molecule has 0 saturated heterocycles. The minimum absolute atomic E-state index is 0.0532. The molecule has 0 aromatic heterocycles. The molecule has 0 aliphatic rings. The summed E-state index contributed by atoms with van der Waals surface area (Å²) in [5, 5.41) is 2.88. The van der Waals surface area contributed by atoms with Crippen LogP contribution in [0.1, 0.15) is 13.8 Å². The Labute approximate surface area is 61.8 Å². The van der Waals surface area contributed by atoms with Crippen molar-refractivity contribution < 1.29 is 9.53 Å². The van der Waals surface area contributed by atoms with E-state index in [4.69, 9.17) is 4.74 Å². The molecule has 0 heterocycles. The minimum atomic E-state index is -0.176. The predicted octanol–water partition coefficient (Wildman–Crippen LogP) is 0.198. The third-order valence-electron chi connectivity index (χ3n) is 1.59. The molecule has 0 fully saturated rings. The first-order valence-electron chi connectivity index (χ1n) is 3.34. The van der Waals surface area contributed by atoms with E-state index in [0.29, 0.717) is 0 Å². The zero-order chi connectivity index (χ0) is 8.15. The van der Waals surface area contributed by atoms with Crippen molar-refractivity contribution in [2.75, 3.05) is 14.2 Å². The van der Waals surface area contributed by atoms with Gasteiger partial charge >= 0.3 is 0 Å². The van der Waals surface area contributed by atoms with Gasteiger partial charge in [0.25, 0.3) is 0 Å². The minimum Gasteiger partial charge on any atom is -0.380 e. The molecule has 0 aromatic rings. The number of hydrogen-bond acceptors (Lipinski definition) is 3. The van der Waals surface area contributed by atoms with Crippen LogP contribution in [0.25, 0.3) is 0 Å². The van der Waals surface area contributed by atoms with E-state index in [1.807, 2.05) is 6.92 Å². The molecule has 0 aliphatic carbocycles. The largest absolute Gasteiger partial charge is 0.380 e. The Morgan fingerprint density at radius 1 is 1.60 bits per heavy atom. The number of carbonyl (C=O) groups excluding carboxylic acids is 1. The Kier molecular flexibility index (Phi) is 4.23. The molecule has 0 amide bonds. The Balaban J connectivity index is 3.92. The maximum Gasteiger partial charge on any atom is 0.149 e. The van der Waals surface area contributed by atoms with Gasteiger partial charge in [-0.1, -0.05) is 0 Å². The van der Waals surface area contributed by atoms with Gasteiger partial charge in [-0.05, 0) is 20.9 Å². The van der Waals surface area contributed by atoms with Gasteiger partial charge in [0.15, 0.2) is 0 Å². The van der Waals surface area contributed by atoms with E-state index in [2.05, 4.69) is 5.32 Å². The third-order valence-corrected chi connectivity index (χ3v) is 1.59. The van der Waals surface area contributed by atoms with Crippen molar-refractivity contribution in [2.24, 2.45) is 0 Å². The van der Waals surface area contributed by atoms with Crippen LogP contribution in [0.3, 0.4) is 0 Å². The average molecular weight is 145 g/mol. The maximum absolute atomic E-state index is 10.8. The van der Waals surface area contributed by atoms with Crippen molar-refractivity contribution >= 4 is 5.78 Å².